The Morgan fingerprint density at radius 2 is 1.69 bits per heavy atom. The van der Waals surface area contributed by atoms with Crippen LogP contribution in [0, 0.1) is 23.4 Å². The van der Waals surface area contributed by atoms with Gasteiger partial charge < -0.3 is 9.97 Å². The van der Waals surface area contributed by atoms with E-state index in [1.165, 1.54) is 16.8 Å². The molecule has 3 aromatic carbocycles. The van der Waals surface area contributed by atoms with E-state index in [0.29, 0.717) is 5.39 Å². The molecule has 0 spiro atoms. The zero-order chi connectivity index (χ0) is 32.6. The maximum Gasteiger partial charge on any atom is 0.0798 e. The molecule has 0 fully saturated rings. The van der Waals surface area contributed by atoms with Gasteiger partial charge in [-0.1, -0.05) is 95.7 Å². The number of halogens is 1. The van der Waals surface area contributed by atoms with Crippen molar-refractivity contribution in [2.24, 2.45) is 5.41 Å². The second kappa shape index (κ2) is 14.2. The van der Waals surface area contributed by atoms with Crippen LogP contribution in [-0.4, -0.2) is 18.0 Å². The van der Waals surface area contributed by atoms with Crippen molar-refractivity contribution in [1.29, 1.82) is 0 Å². The Labute approximate surface area is 287 Å². The zero-order valence-electron chi connectivity index (χ0n) is 28.3. The predicted molar refractivity (Wildman–Crippen MR) is 190 cm³/mol. The summed E-state index contributed by atoms with van der Waals surface area (Å²) in [4.78, 5) is 9.15. The van der Waals surface area contributed by atoms with Crippen molar-refractivity contribution in [3.8, 4) is 22.5 Å². The predicted octanol–water partition coefficient (Wildman–Crippen LogP) is 10.9. The van der Waals surface area contributed by atoms with Crippen LogP contribution in [0.3, 0.4) is 0 Å². The molecule has 2 nitrogen and oxygen atoms in total. The van der Waals surface area contributed by atoms with Crippen molar-refractivity contribution >= 4 is 44.8 Å². The summed E-state index contributed by atoms with van der Waals surface area (Å²) in [6.45, 7) is 17.8. The van der Waals surface area contributed by atoms with E-state index in [4.69, 9.17) is 6.35 Å². The number of nitrogens with zero attached hydrogens (tertiary/aromatic N) is 2. The van der Waals surface area contributed by atoms with Gasteiger partial charge in [-0.05, 0) is 61.9 Å². The van der Waals surface area contributed by atoms with E-state index in [9.17, 15) is 4.39 Å². The molecule has 3 heterocycles. The van der Waals surface area contributed by atoms with Gasteiger partial charge in [0, 0.05) is 44.4 Å². The fourth-order valence-electron chi connectivity index (χ4n) is 5.39. The number of thiophene rings is 1. The topological polar surface area (TPSA) is 25.8 Å². The van der Waals surface area contributed by atoms with Gasteiger partial charge in [0.05, 0.1) is 8.07 Å². The molecule has 235 valence electrons. The minimum absolute atomic E-state index is 0. The first-order valence-corrected chi connectivity index (χ1v) is 19.4. The Morgan fingerprint density at radius 3 is 2.36 bits per heavy atom. The number of pyridine rings is 2. The van der Waals surface area contributed by atoms with Crippen LogP contribution in [0.4, 0.5) is 4.39 Å². The van der Waals surface area contributed by atoms with Gasteiger partial charge in [0.15, 0.2) is 0 Å². The van der Waals surface area contributed by atoms with Gasteiger partial charge in [0.2, 0.25) is 0 Å². The van der Waals surface area contributed by atoms with Crippen LogP contribution in [0.25, 0.3) is 42.7 Å². The third-order valence-electron chi connectivity index (χ3n) is 7.50. The SMILES string of the molecule is CC(C)(C)Cc1cc(-c2[c-]cccc2)ncc1[Si](C)(C)C.[2H]C(C)(C)c1ccnc(-c2[c-]cc(F)c3c2sc2ccccc23)c1.[Ir]. The molecular formula is C39H41FIrN2SSi-2. The molecule has 0 atom stereocenters. The van der Waals surface area contributed by atoms with Crippen LogP contribution >= 0.6 is 11.3 Å². The van der Waals surface area contributed by atoms with Crippen LogP contribution < -0.4 is 5.19 Å². The molecule has 45 heavy (non-hydrogen) atoms. The fourth-order valence-corrected chi connectivity index (χ4v) is 8.19. The van der Waals surface area contributed by atoms with Gasteiger partial charge in [0.1, 0.15) is 0 Å². The summed E-state index contributed by atoms with van der Waals surface area (Å²) in [5, 5.41) is 3.03. The van der Waals surface area contributed by atoms with E-state index in [2.05, 4.69) is 75.9 Å². The van der Waals surface area contributed by atoms with Gasteiger partial charge in [-0.25, -0.2) is 0 Å². The monoisotopic (exact) mass is 810 g/mol. The van der Waals surface area contributed by atoms with Crippen LogP contribution in [-0.2, 0) is 26.5 Å². The van der Waals surface area contributed by atoms with E-state index < -0.39 is 14.0 Å². The quantitative estimate of drug-likeness (QED) is 0.128. The second-order valence-corrected chi connectivity index (χ2v) is 19.8. The van der Waals surface area contributed by atoms with Crippen LogP contribution in [0.1, 0.15) is 53.0 Å². The van der Waals surface area contributed by atoms with E-state index in [-0.39, 0.29) is 31.3 Å². The maximum atomic E-state index is 14.4. The first kappa shape index (κ1) is 33.3. The Hall–Kier alpha value is -3.02. The summed E-state index contributed by atoms with van der Waals surface area (Å²) < 4.78 is 24.6. The summed E-state index contributed by atoms with van der Waals surface area (Å²) in [5.74, 6) is -0.972. The van der Waals surface area contributed by atoms with Crippen molar-refractivity contribution < 1.29 is 25.9 Å². The Bertz CT molecular complexity index is 1950. The minimum atomic E-state index is -1.37. The number of hydrogen-bond donors (Lipinski definition) is 0. The normalized spacial score (nSPS) is 12.3. The summed E-state index contributed by atoms with van der Waals surface area (Å²) in [6, 6.07) is 29.6. The molecule has 0 amide bonds. The molecule has 0 aliphatic heterocycles. The summed E-state index contributed by atoms with van der Waals surface area (Å²) in [6.07, 6.45) is 4.91. The third kappa shape index (κ3) is 8.23. The van der Waals surface area contributed by atoms with Crippen molar-refractivity contribution in [3.63, 3.8) is 0 Å². The van der Waals surface area contributed by atoms with Gasteiger partial charge in [-0.2, -0.15) is 11.3 Å². The molecule has 6 aromatic rings. The standard InChI is InChI=1S/C20H15FNS.C19H26NSi.Ir/c1-12(2)13-9-10-22-17(11-13)14-7-8-16(21)19-15-5-3-4-6-18(15)23-20(14)19;1-19(2,3)13-16-12-17(15-10-8-7-9-11-15)20-14-18(16)21(4,5)6;/h3-6,8-12H,1-2H3;7-10,12,14H,13H2,1-6H3;/q2*-1;/i12D;;. The van der Waals surface area contributed by atoms with E-state index in [0.717, 1.165) is 49.3 Å². The second-order valence-electron chi connectivity index (χ2n) is 13.7. The molecule has 0 saturated heterocycles. The third-order valence-corrected chi connectivity index (χ3v) is 10.8. The Balaban J connectivity index is 0.000000207. The van der Waals surface area contributed by atoms with Crippen molar-refractivity contribution in [2.45, 2.75) is 66.6 Å². The molecule has 0 bridgehead atoms. The molecule has 0 unspecified atom stereocenters. The molecule has 0 saturated carbocycles. The number of aromatic nitrogens is 2. The van der Waals surface area contributed by atoms with E-state index in [1.807, 2.05) is 68.4 Å². The smallest absolute Gasteiger partial charge is 0.0798 e. The molecule has 6 heteroatoms. The zero-order valence-corrected chi connectivity index (χ0v) is 31.5. The van der Waals surface area contributed by atoms with Crippen LogP contribution in [0.2, 0.25) is 19.6 Å². The first-order chi connectivity index (χ1) is 21.1. The fraction of sp³-hybridized carbons (Fsp3) is 0.282. The van der Waals surface area contributed by atoms with Crippen molar-refractivity contribution in [1.82, 2.24) is 9.97 Å². The summed E-state index contributed by atoms with van der Waals surface area (Å²) >= 11 is 1.55. The maximum absolute atomic E-state index is 14.4. The summed E-state index contributed by atoms with van der Waals surface area (Å²) in [5.41, 5.74) is 6.26. The van der Waals surface area contributed by atoms with Gasteiger partial charge in [0.25, 0.3) is 0 Å². The van der Waals surface area contributed by atoms with Gasteiger partial charge in [-0.3, -0.25) is 4.39 Å². The number of fused-ring (bicyclic) bond motifs is 3. The molecule has 3 aromatic heterocycles. The minimum Gasteiger partial charge on any atom is -0.305 e. The van der Waals surface area contributed by atoms with Crippen molar-refractivity contribution in [3.05, 3.63) is 114 Å². The average molecular weight is 810 g/mol. The molecule has 0 aliphatic rings. The number of benzene rings is 3. The molecule has 1 radical (unpaired) electrons. The summed E-state index contributed by atoms with van der Waals surface area (Å²) in [7, 11) is -1.37. The largest absolute Gasteiger partial charge is 0.305 e. The van der Waals surface area contributed by atoms with E-state index in [1.54, 1.807) is 17.5 Å². The Morgan fingerprint density at radius 1 is 0.956 bits per heavy atom. The molecule has 0 aliphatic carbocycles. The van der Waals surface area contributed by atoms with Crippen molar-refractivity contribution in [2.75, 3.05) is 0 Å². The molecular weight excluding hydrogens is 768 g/mol. The number of hydrogen-bond acceptors (Lipinski definition) is 3. The molecule has 0 N–H and O–H groups in total. The van der Waals surface area contributed by atoms with Gasteiger partial charge in [-0.15, -0.1) is 53.6 Å². The average Bonchev–Trinajstić information content (AvgIpc) is 3.37. The van der Waals surface area contributed by atoms with Crippen LogP contribution in [0.15, 0.2) is 85.2 Å². The van der Waals surface area contributed by atoms with Crippen LogP contribution in [0.5, 0.6) is 0 Å². The molecule has 6 rings (SSSR count). The Kier molecular flexibility index (Phi) is 10.5. The first-order valence-electron chi connectivity index (χ1n) is 15.6. The number of rotatable bonds is 5. The van der Waals surface area contributed by atoms with E-state index >= 15 is 0 Å². The van der Waals surface area contributed by atoms with Gasteiger partial charge >= 0.3 is 0 Å².